The Morgan fingerprint density at radius 3 is 2.43 bits per heavy atom. The van der Waals surface area contributed by atoms with Crippen molar-refractivity contribution in [1.82, 2.24) is 0 Å². The van der Waals surface area contributed by atoms with Crippen LogP contribution in [0.5, 0.6) is 0 Å². The highest BCUT2D eigenvalue weighted by atomic mass is 16.5. The normalized spacial score (nSPS) is 35.1. The minimum Gasteiger partial charge on any atom is -0.460 e. The maximum absolute atomic E-state index is 14.1. The first-order valence-corrected chi connectivity index (χ1v) is 11.4. The molecule has 1 aromatic carbocycles. The molecular weight excluding hydrogens is 368 g/mol. The zero-order chi connectivity index (χ0) is 22.1. The van der Waals surface area contributed by atoms with Crippen LogP contribution in [-0.2, 0) is 16.1 Å². The Morgan fingerprint density at radius 1 is 1.23 bits per heavy atom. The molecule has 0 amide bonds. The van der Waals surface area contributed by atoms with Gasteiger partial charge in [-0.2, -0.15) is 0 Å². The van der Waals surface area contributed by atoms with Gasteiger partial charge in [-0.05, 0) is 53.4 Å². The third kappa shape index (κ3) is 3.20. The Bertz CT molecular complexity index is 807. The highest BCUT2D eigenvalue weighted by molar-refractivity contribution is 5.83. The van der Waals surface area contributed by atoms with Gasteiger partial charge >= 0.3 is 5.97 Å². The van der Waals surface area contributed by atoms with Crippen molar-refractivity contribution >= 4 is 5.97 Å². The summed E-state index contributed by atoms with van der Waals surface area (Å²) in [5.41, 5.74) is 1.09. The molecule has 2 aliphatic rings. The van der Waals surface area contributed by atoms with Gasteiger partial charge in [-0.15, -0.1) is 13.2 Å². The van der Waals surface area contributed by atoms with E-state index in [2.05, 4.69) is 59.6 Å². The second-order valence-electron chi connectivity index (χ2n) is 9.83. The number of ether oxygens (including phenoxy) is 1. The summed E-state index contributed by atoms with van der Waals surface area (Å²) in [6, 6.07) is 9.94. The summed E-state index contributed by atoms with van der Waals surface area (Å²) in [6.45, 7) is 22.0. The molecule has 0 heterocycles. The zero-order valence-corrected chi connectivity index (χ0v) is 19.2. The molecule has 6 atom stereocenters. The predicted molar refractivity (Wildman–Crippen MR) is 125 cm³/mol. The number of rotatable bonds is 8. The summed E-state index contributed by atoms with van der Waals surface area (Å²) in [7, 11) is 0. The lowest BCUT2D eigenvalue weighted by atomic mass is 9.46. The average molecular weight is 407 g/mol. The Morgan fingerprint density at radius 2 is 1.90 bits per heavy atom. The number of esters is 1. The molecule has 2 fully saturated rings. The van der Waals surface area contributed by atoms with E-state index in [1.807, 2.05) is 30.3 Å². The van der Waals surface area contributed by atoms with Crippen molar-refractivity contribution in [1.29, 1.82) is 0 Å². The van der Waals surface area contributed by atoms with Crippen molar-refractivity contribution in [2.75, 3.05) is 0 Å². The SMILES string of the molecule is C=CC1C[C@@]2(C)C(C=C)CC(C1CC)C2(C(=C)C(C)C)C(=O)OCc1ccccc1. The monoisotopic (exact) mass is 406 g/mol. The average Bonchev–Trinajstić information content (AvgIpc) is 2.92. The third-order valence-electron chi connectivity index (χ3n) is 8.31. The van der Waals surface area contributed by atoms with Gasteiger partial charge in [-0.3, -0.25) is 4.79 Å². The van der Waals surface area contributed by atoms with E-state index in [4.69, 9.17) is 4.74 Å². The maximum Gasteiger partial charge on any atom is 0.317 e. The second kappa shape index (κ2) is 8.57. The quantitative estimate of drug-likeness (QED) is 0.343. The van der Waals surface area contributed by atoms with Gasteiger partial charge in [0.2, 0.25) is 0 Å². The number of carbonyl (C=O) groups is 1. The van der Waals surface area contributed by atoms with Crippen LogP contribution in [0.3, 0.4) is 0 Å². The summed E-state index contributed by atoms with van der Waals surface area (Å²) >= 11 is 0. The van der Waals surface area contributed by atoms with Gasteiger partial charge < -0.3 is 4.74 Å². The van der Waals surface area contributed by atoms with Crippen LogP contribution in [0.4, 0.5) is 0 Å². The molecule has 30 heavy (non-hydrogen) atoms. The summed E-state index contributed by atoms with van der Waals surface area (Å²) in [6.07, 6.45) is 7.11. The van der Waals surface area contributed by atoms with Crippen molar-refractivity contribution in [3.8, 4) is 0 Å². The number of hydrogen-bond donors (Lipinski definition) is 0. The fourth-order valence-corrected chi connectivity index (χ4v) is 6.79. The van der Waals surface area contributed by atoms with E-state index in [9.17, 15) is 4.79 Å². The number of hydrogen-bond acceptors (Lipinski definition) is 2. The van der Waals surface area contributed by atoms with E-state index >= 15 is 0 Å². The maximum atomic E-state index is 14.1. The first-order valence-electron chi connectivity index (χ1n) is 11.4. The summed E-state index contributed by atoms with van der Waals surface area (Å²) in [4.78, 5) is 14.1. The lowest BCUT2D eigenvalue weighted by Crippen LogP contribution is -2.57. The molecule has 2 heteroatoms. The van der Waals surface area contributed by atoms with Gasteiger partial charge in [-0.1, -0.05) is 88.8 Å². The number of carbonyl (C=O) groups excluding carboxylic acids is 1. The molecule has 3 rings (SSSR count). The van der Waals surface area contributed by atoms with Crippen LogP contribution >= 0.6 is 0 Å². The zero-order valence-electron chi connectivity index (χ0n) is 19.2. The largest absolute Gasteiger partial charge is 0.460 e. The Labute approximate surface area is 183 Å². The fourth-order valence-electron chi connectivity index (χ4n) is 6.79. The van der Waals surface area contributed by atoms with E-state index in [1.54, 1.807) is 0 Å². The first-order chi connectivity index (χ1) is 14.3. The van der Waals surface area contributed by atoms with Crippen molar-refractivity contribution in [3.63, 3.8) is 0 Å². The standard InChI is InChI=1S/C28H38O2/c1-8-22-17-27(7)23(9-2)16-25(24(22)10-3)28(27,20(6)19(4)5)26(29)30-18-21-14-12-11-13-15-21/h8-9,11-15,19,22-25H,1-2,6,10,16-18H2,3-5,7H3/t22?,23?,24?,25?,27-,28?/m0/s1. The van der Waals surface area contributed by atoms with E-state index in [0.717, 1.165) is 30.4 Å². The van der Waals surface area contributed by atoms with Crippen LogP contribution in [0.2, 0.25) is 0 Å². The Kier molecular flexibility index (Phi) is 6.45. The first kappa shape index (κ1) is 22.6. The van der Waals surface area contributed by atoms with Crippen molar-refractivity contribution < 1.29 is 9.53 Å². The molecule has 0 aromatic heterocycles. The smallest absolute Gasteiger partial charge is 0.317 e. The lowest BCUT2D eigenvalue weighted by Gasteiger charge is -2.56. The minimum atomic E-state index is -0.686. The Balaban J connectivity index is 2.11. The molecule has 5 unspecified atom stereocenters. The van der Waals surface area contributed by atoms with Crippen LogP contribution in [0.25, 0.3) is 0 Å². The molecule has 0 N–H and O–H groups in total. The molecule has 0 radical (unpaired) electrons. The molecule has 162 valence electrons. The van der Waals surface area contributed by atoms with E-state index in [-0.39, 0.29) is 29.1 Å². The second-order valence-corrected chi connectivity index (χ2v) is 9.83. The molecule has 2 nitrogen and oxygen atoms in total. The molecule has 0 spiro atoms. The summed E-state index contributed by atoms with van der Waals surface area (Å²) in [5.74, 6) is 1.39. The molecule has 2 saturated carbocycles. The van der Waals surface area contributed by atoms with Crippen LogP contribution in [0, 0.1) is 40.4 Å². The van der Waals surface area contributed by atoms with Gasteiger partial charge in [0.1, 0.15) is 6.61 Å². The third-order valence-corrected chi connectivity index (χ3v) is 8.31. The molecule has 1 aromatic rings. The summed E-state index contributed by atoms with van der Waals surface area (Å²) in [5, 5.41) is 0. The summed E-state index contributed by atoms with van der Waals surface area (Å²) < 4.78 is 6.08. The molecular formula is C28H38O2. The molecule has 0 aliphatic heterocycles. The van der Waals surface area contributed by atoms with Crippen LogP contribution in [0.1, 0.15) is 52.5 Å². The van der Waals surface area contributed by atoms with Crippen LogP contribution in [-0.4, -0.2) is 5.97 Å². The van der Waals surface area contributed by atoms with E-state index in [0.29, 0.717) is 18.4 Å². The van der Waals surface area contributed by atoms with Crippen molar-refractivity contribution in [3.05, 3.63) is 73.4 Å². The minimum absolute atomic E-state index is 0.0946. The highest BCUT2D eigenvalue weighted by Gasteiger charge is 2.72. The number of allylic oxidation sites excluding steroid dienone is 2. The predicted octanol–water partition coefficient (Wildman–Crippen LogP) is 6.99. The van der Waals surface area contributed by atoms with Gasteiger partial charge in [0, 0.05) is 0 Å². The number of fused-ring (bicyclic) bond motifs is 2. The van der Waals surface area contributed by atoms with Gasteiger partial charge in [0.25, 0.3) is 0 Å². The number of benzene rings is 1. The van der Waals surface area contributed by atoms with Crippen LogP contribution < -0.4 is 0 Å². The van der Waals surface area contributed by atoms with E-state index in [1.165, 1.54) is 0 Å². The van der Waals surface area contributed by atoms with Crippen LogP contribution in [0.15, 0.2) is 67.8 Å². The van der Waals surface area contributed by atoms with Gasteiger partial charge in [-0.25, -0.2) is 0 Å². The van der Waals surface area contributed by atoms with Gasteiger partial charge in [0.15, 0.2) is 0 Å². The molecule has 2 aliphatic carbocycles. The topological polar surface area (TPSA) is 26.3 Å². The van der Waals surface area contributed by atoms with Gasteiger partial charge in [0.05, 0.1) is 5.41 Å². The Hall–Kier alpha value is -2.09. The van der Waals surface area contributed by atoms with Crippen molar-refractivity contribution in [2.24, 2.45) is 40.4 Å². The molecule has 0 saturated heterocycles. The van der Waals surface area contributed by atoms with E-state index < -0.39 is 5.41 Å². The highest BCUT2D eigenvalue weighted by Crippen LogP contribution is 2.72. The lowest BCUT2D eigenvalue weighted by molar-refractivity contribution is -0.173. The molecule has 2 bridgehead atoms. The fraction of sp³-hybridized carbons (Fsp3) is 0.536. The van der Waals surface area contributed by atoms with Crippen molar-refractivity contribution in [2.45, 2.75) is 53.6 Å².